The lowest BCUT2D eigenvalue weighted by Crippen LogP contribution is -2.55. The number of fused-ring (bicyclic) bond motifs is 2. The Morgan fingerprint density at radius 3 is 2.73 bits per heavy atom. The third kappa shape index (κ3) is 2.66. The number of anilines is 1. The zero-order chi connectivity index (χ0) is 18.6. The number of amides is 3. The maximum Gasteiger partial charge on any atom is 0.410 e. The number of nitrogens with zero attached hydrogens (tertiary/aromatic N) is 5. The molecule has 0 spiro atoms. The van der Waals surface area contributed by atoms with Crippen LogP contribution in [0.4, 0.5) is 15.4 Å². The minimum Gasteiger partial charge on any atom is -0.447 e. The van der Waals surface area contributed by atoms with Gasteiger partial charge in [-0.1, -0.05) is 0 Å². The molecule has 3 aliphatic heterocycles. The fraction of sp³-hybridized carbons (Fsp3) is 0.600. The number of carbonyl (C=O) groups excluding carboxylic acids is 2. The van der Waals surface area contributed by atoms with Gasteiger partial charge < -0.3 is 14.5 Å². The SMILES string of the molecule is CN1C(=O)N([C@H]2CCN3C(=O)OC[C@H]3C2)Cc2cnc(S(C)(=O)=O)nc21. The highest BCUT2D eigenvalue weighted by molar-refractivity contribution is 7.90. The van der Waals surface area contributed by atoms with E-state index in [9.17, 15) is 18.0 Å². The van der Waals surface area contributed by atoms with Crippen LogP contribution in [0.25, 0.3) is 0 Å². The first-order valence-corrected chi connectivity index (χ1v) is 10.2. The molecule has 0 aromatic carbocycles. The predicted octanol–water partition coefficient (Wildman–Crippen LogP) is 0.235. The molecule has 2 saturated heterocycles. The molecule has 0 N–H and O–H groups in total. The van der Waals surface area contributed by atoms with Crippen LogP contribution >= 0.6 is 0 Å². The Morgan fingerprint density at radius 1 is 1.23 bits per heavy atom. The topological polar surface area (TPSA) is 113 Å². The lowest BCUT2D eigenvalue weighted by Gasteiger charge is -2.43. The molecule has 2 fully saturated rings. The molecule has 1 aromatic rings. The van der Waals surface area contributed by atoms with Crippen molar-refractivity contribution in [1.82, 2.24) is 19.8 Å². The van der Waals surface area contributed by atoms with Crippen molar-refractivity contribution in [2.24, 2.45) is 0 Å². The van der Waals surface area contributed by atoms with Gasteiger partial charge in [0.25, 0.3) is 0 Å². The Kier molecular flexibility index (Phi) is 3.79. The number of cyclic esters (lactones) is 1. The quantitative estimate of drug-likeness (QED) is 0.674. The number of rotatable bonds is 2. The van der Waals surface area contributed by atoms with Crippen LogP contribution in [0.3, 0.4) is 0 Å². The number of piperidine rings is 1. The highest BCUT2D eigenvalue weighted by Crippen LogP contribution is 2.32. The van der Waals surface area contributed by atoms with Crippen molar-refractivity contribution in [1.29, 1.82) is 0 Å². The summed E-state index contributed by atoms with van der Waals surface area (Å²) in [5.41, 5.74) is 0.695. The smallest absolute Gasteiger partial charge is 0.410 e. The fourth-order valence-corrected chi connectivity index (χ4v) is 4.24. The molecule has 140 valence electrons. The van der Waals surface area contributed by atoms with Crippen LogP contribution < -0.4 is 4.90 Å². The van der Waals surface area contributed by atoms with E-state index in [4.69, 9.17) is 4.74 Å². The molecule has 11 heteroatoms. The molecule has 0 radical (unpaired) electrons. The fourth-order valence-electron chi connectivity index (χ4n) is 3.74. The summed E-state index contributed by atoms with van der Waals surface area (Å²) < 4.78 is 28.4. The van der Waals surface area contributed by atoms with Crippen LogP contribution in [0.1, 0.15) is 18.4 Å². The van der Waals surface area contributed by atoms with Crippen LogP contribution in [0.5, 0.6) is 0 Å². The van der Waals surface area contributed by atoms with Crippen LogP contribution in [0, 0.1) is 0 Å². The highest BCUT2D eigenvalue weighted by atomic mass is 32.2. The summed E-state index contributed by atoms with van der Waals surface area (Å²) in [4.78, 5) is 37.3. The van der Waals surface area contributed by atoms with Gasteiger partial charge in [-0.2, -0.15) is 0 Å². The van der Waals surface area contributed by atoms with Gasteiger partial charge in [-0.05, 0) is 12.8 Å². The van der Waals surface area contributed by atoms with E-state index in [1.165, 1.54) is 11.1 Å². The molecule has 4 rings (SSSR count). The summed E-state index contributed by atoms with van der Waals surface area (Å²) >= 11 is 0. The minimum absolute atomic E-state index is 0.00962. The second-order valence-electron chi connectivity index (χ2n) is 6.85. The van der Waals surface area contributed by atoms with Gasteiger partial charge in [-0.3, -0.25) is 4.90 Å². The van der Waals surface area contributed by atoms with Gasteiger partial charge in [-0.15, -0.1) is 0 Å². The summed E-state index contributed by atoms with van der Waals surface area (Å²) in [6.45, 7) is 1.22. The highest BCUT2D eigenvalue weighted by Gasteiger charge is 2.43. The molecule has 1 aromatic heterocycles. The normalized spacial score (nSPS) is 25.8. The van der Waals surface area contributed by atoms with E-state index in [1.807, 2.05) is 0 Å². The van der Waals surface area contributed by atoms with E-state index in [2.05, 4.69) is 9.97 Å². The molecule has 10 nitrogen and oxygen atoms in total. The molecule has 4 heterocycles. The first-order valence-electron chi connectivity index (χ1n) is 8.29. The molecule has 0 aliphatic carbocycles. The van der Waals surface area contributed by atoms with Gasteiger partial charge in [-0.25, -0.2) is 28.0 Å². The number of hydrogen-bond donors (Lipinski definition) is 0. The Hall–Kier alpha value is -2.43. The van der Waals surface area contributed by atoms with Crippen molar-refractivity contribution < 1.29 is 22.7 Å². The minimum atomic E-state index is -3.55. The van der Waals surface area contributed by atoms with E-state index in [0.29, 0.717) is 43.9 Å². The lowest BCUT2D eigenvalue weighted by molar-refractivity contribution is 0.111. The largest absolute Gasteiger partial charge is 0.447 e. The van der Waals surface area contributed by atoms with Crippen molar-refractivity contribution in [3.05, 3.63) is 11.8 Å². The molecular weight excluding hydrogens is 362 g/mol. The van der Waals surface area contributed by atoms with Crippen LogP contribution in [-0.4, -0.2) is 78.8 Å². The molecule has 3 aliphatic rings. The van der Waals surface area contributed by atoms with E-state index in [0.717, 1.165) is 6.26 Å². The standard InChI is InChI=1S/C15H19N5O5S/c1-18-12-9(6-16-13(17-12)26(2,23)24)7-20(14(18)21)10-3-4-19-11(5-10)8-25-15(19)22/h6,10-11H,3-5,7-8H2,1-2H3/t10-,11+/m0/s1. The number of ether oxygens (including phenoxy) is 1. The average Bonchev–Trinajstić information content (AvgIpc) is 2.97. The second-order valence-corrected chi connectivity index (χ2v) is 8.75. The molecule has 3 amide bonds. The molecule has 0 saturated carbocycles. The number of carbonyl (C=O) groups is 2. The van der Waals surface area contributed by atoms with E-state index in [1.54, 1.807) is 16.8 Å². The van der Waals surface area contributed by atoms with Crippen molar-refractivity contribution in [3.63, 3.8) is 0 Å². The first kappa shape index (κ1) is 17.0. The molecule has 0 unspecified atom stereocenters. The number of urea groups is 1. The lowest BCUT2D eigenvalue weighted by atomic mass is 9.96. The van der Waals surface area contributed by atoms with E-state index in [-0.39, 0.29) is 29.4 Å². The third-order valence-corrected chi connectivity index (χ3v) is 5.96. The number of hydrogen-bond acceptors (Lipinski definition) is 7. The maximum atomic E-state index is 12.8. The maximum absolute atomic E-state index is 12.8. The Bertz CT molecular complexity index is 888. The summed E-state index contributed by atoms with van der Waals surface area (Å²) in [6, 6.07) is -0.271. The zero-order valence-electron chi connectivity index (χ0n) is 14.5. The third-order valence-electron chi connectivity index (χ3n) is 5.10. The van der Waals surface area contributed by atoms with Crippen molar-refractivity contribution in [2.75, 3.05) is 31.4 Å². The number of sulfone groups is 1. The zero-order valence-corrected chi connectivity index (χ0v) is 15.3. The van der Waals surface area contributed by atoms with E-state index < -0.39 is 9.84 Å². The van der Waals surface area contributed by atoms with Gasteiger partial charge in [0, 0.05) is 37.7 Å². The van der Waals surface area contributed by atoms with Crippen molar-refractivity contribution >= 4 is 27.8 Å². The predicted molar refractivity (Wildman–Crippen MR) is 89.3 cm³/mol. The Labute approximate surface area is 150 Å². The Balaban J connectivity index is 1.59. The summed E-state index contributed by atoms with van der Waals surface area (Å²) in [5, 5.41) is -0.292. The van der Waals surface area contributed by atoms with Gasteiger partial charge in [0.15, 0.2) is 0 Å². The Morgan fingerprint density at radius 2 is 2.00 bits per heavy atom. The van der Waals surface area contributed by atoms with Crippen LogP contribution in [-0.2, 0) is 21.1 Å². The van der Waals surface area contributed by atoms with Crippen LogP contribution in [0.15, 0.2) is 11.4 Å². The number of aromatic nitrogens is 2. The molecule has 0 bridgehead atoms. The summed E-state index contributed by atoms with van der Waals surface area (Å²) in [6.07, 6.45) is 3.53. The van der Waals surface area contributed by atoms with Gasteiger partial charge in [0.2, 0.25) is 15.0 Å². The van der Waals surface area contributed by atoms with Crippen LogP contribution in [0.2, 0.25) is 0 Å². The molecule has 26 heavy (non-hydrogen) atoms. The molecular formula is C15H19N5O5S. The van der Waals surface area contributed by atoms with Crippen molar-refractivity contribution in [3.8, 4) is 0 Å². The average molecular weight is 381 g/mol. The van der Waals surface area contributed by atoms with Gasteiger partial charge in [0.05, 0.1) is 12.6 Å². The van der Waals surface area contributed by atoms with Crippen molar-refractivity contribution in [2.45, 2.75) is 36.6 Å². The van der Waals surface area contributed by atoms with E-state index >= 15 is 0 Å². The second kappa shape index (κ2) is 5.79. The monoisotopic (exact) mass is 381 g/mol. The summed E-state index contributed by atoms with van der Waals surface area (Å²) in [5.74, 6) is 0.318. The molecule has 2 atom stereocenters. The summed E-state index contributed by atoms with van der Waals surface area (Å²) in [7, 11) is -1.98. The van der Waals surface area contributed by atoms with Gasteiger partial charge in [0.1, 0.15) is 12.4 Å². The first-order chi connectivity index (χ1) is 12.3. The van der Waals surface area contributed by atoms with Gasteiger partial charge >= 0.3 is 12.1 Å².